The largest absolute Gasteiger partial charge is 0.432 e. The van der Waals surface area contributed by atoms with Crippen molar-refractivity contribution >= 4 is 19.5 Å². The Morgan fingerprint density at radius 3 is 2.27 bits per heavy atom. The average molecular weight is 228 g/mol. The highest BCUT2D eigenvalue weighted by molar-refractivity contribution is 7.81. The van der Waals surface area contributed by atoms with Gasteiger partial charge >= 0.3 is 0 Å². The first-order valence-electron chi connectivity index (χ1n) is 6.61. The first-order chi connectivity index (χ1) is 7.27. The molecule has 2 unspecified atom stereocenters. The number of hydrogen-bond donors (Lipinski definition) is 1. The summed E-state index contributed by atoms with van der Waals surface area (Å²) in [5, 5.41) is 0.464. The van der Waals surface area contributed by atoms with Gasteiger partial charge in [-0.1, -0.05) is 52.2 Å². The van der Waals surface area contributed by atoms with Gasteiger partial charge < -0.3 is 4.65 Å². The molecule has 0 aliphatic heterocycles. The van der Waals surface area contributed by atoms with E-state index in [2.05, 4.69) is 13.8 Å². The summed E-state index contributed by atoms with van der Waals surface area (Å²) in [5.74, 6) is 0. The van der Waals surface area contributed by atoms with Gasteiger partial charge in [0.05, 0.1) is 6.10 Å². The minimum atomic E-state index is 0.401. The molecule has 1 saturated carbocycles. The predicted molar refractivity (Wildman–Crippen MR) is 72.1 cm³/mol. The van der Waals surface area contributed by atoms with Gasteiger partial charge in [0, 0.05) is 5.25 Å². The molecule has 1 nitrogen and oxygen atoms in total. The van der Waals surface area contributed by atoms with Crippen molar-refractivity contribution in [2.45, 2.75) is 76.4 Å². The Balaban J connectivity index is 2.40. The zero-order chi connectivity index (χ0) is 11.1. The molecule has 1 rings (SSSR count). The van der Waals surface area contributed by atoms with Gasteiger partial charge in [-0.2, -0.15) is 12.6 Å². The smallest absolute Gasteiger partial charge is 0.292 e. The van der Waals surface area contributed by atoms with E-state index in [9.17, 15) is 0 Å². The molecule has 15 heavy (non-hydrogen) atoms. The summed E-state index contributed by atoms with van der Waals surface area (Å²) in [6.45, 7) is 4.87. The van der Waals surface area contributed by atoms with E-state index in [1.54, 1.807) is 0 Å². The predicted octanol–water partition coefficient (Wildman–Crippen LogP) is 4.06. The molecule has 3 heteroatoms. The Labute approximate surface area is 101 Å². The fourth-order valence-corrected chi connectivity index (χ4v) is 2.72. The molecule has 0 spiro atoms. The van der Waals surface area contributed by atoms with Crippen LogP contribution in [0, 0.1) is 0 Å². The van der Waals surface area contributed by atoms with E-state index < -0.39 is 0 Å². The van der Waals surface area contributed by atoms with Crippen molar-refractivity contribution in [2.75, 3.05) is 0 Å². The monoisotopic (exact) mass is 228 g/mol. The topological polar surface area (TPSA) is 9.23 Å². The van der Waals surface area contributed by atoms with Crippen LogP contribution in [0.5, 0.6) is 0 Å². The van der Waals surface area contributed by atoms with Crippen LogP contribution in [0.4, 0.5) is 0 Å². The highest BCUT2D eigenvalue weighted by Gasteiger charge is 2.23. The molecule has 0 saturated heterocycles. The van der Waals surface area contributed by atoms with Gasteiger partial charge in [-0.05, 0) is 12.8 Å². The normalized spacial score (nSPS) is 28.2. The van der Waals surface area contributed by atoms with Crippen molar-refractivity contribution in [3.63, 3.8) is 0 Å². The lowest BCUT2D eigenvalue weighted by atomic mass is 9.62. The van der Waals surface area contributed by atoms with Crippen molar-refractivity contribution in [3.05, 3.63) is 0 Å². The van der Waals surface area contributed by atoms with E-state index in [0.29, 0.717) is 18.3 Å². The van der Waals surface area contributed by atoms with Crippen LogP contribution in [0.15, 0.2) is 0 Å². The standard InChI is InChI=1S/C12H25BOS/c1-3-13(4-2)14-11-9-7-5-6-8-10-12(11)15/h11-12,15H,3-10H2,1-2H3. The maximum absolute atomic E-state index is 6.16. The minimum absolute atomic E-state index is 0.401. The Bertz CT molecular complexity index is 162. The van der Waals surface area contributed by atoms with Crippen LogP contribution in [0.1, 0.15) is 52.4 Å². The Hall–Kier alpha value is 0.375. The zero-order valence-corrected chi connectivity index (χ0v) is 11.1. The third kappa shape index (κ3) is 4.82. The SMILES string of the molecule is CCB(CC)OC1CCCCCCC1S. The summed E-state index contributed by atoms with van der Waals surface area (Å²) in [6, 6.07) is 0. The van der Waals surface area contributed by atoms with E-state index in [1.165, 1.54) is 38.5 Å². The molecule has 0 aromatic heterocycles. The third-order valence-electron chi connectivity index (χ3n) is 3.45. The maximum Gasteiger partial charge on any atom is 0.292 e. The second-order valence-corrected chi connectivity index (χ2v) is 5.34. The summed E-state index contributed by atoms with van der Waals surface area (Å²) in [5.41, 5.74) is 0. The second-order valence-electron chi connectivity index (χ2n) is 4.67. The highest BCUT2D eigenvalue weighted by Crippen LogP contribution is 2.25. The van der Waals surface area contributed by atoms with Gasteiger partial charge in [-0.3, -0.25) is 0 Å². The molecule has 0 N–H and O–H groups in total. The quantitative estimate of drug-likeness (QED) is 0.564. The highest BCUT2D eigenvalue weighted by atomic mass is 32.1. The fraction of sp³-hybridized carbons (Fsp3) is 1.00. The molecular formula is C12H25BOS. The molecule has 1 aliphatic carbocycles. The van der Waals surface area contributed by atoms with Crippen LogP contribution in [0.3, 0.4) is 0 Å². The molecule has 88 valence electrons. The molecule has 0 aromatic carbocycles. The van der Waals surface area contributed by atoms with Gasteiger partial charge in [-0.25, -0.2) is 0 Å². The summed E-state index contributed by atoms with van der Waals surface area (Å²) in [6.07, 6.45) is 10.5. The van der Waals surface area contributed by atoms with Crippen molar-refractivity contribution in [1.82, 2.24) is 0 Å². The lowest BCUT2D eigenvalue weighted by molar-refractivity contribution is 0.172. The van der Waals surface area contributed by atoms with Crippen molar-refractivity contribution < 1.29 is 4.65 Å². The fourth-order valence-electron chi connectivity index (χ4n) is 2.32. The molecule has 0 bridgehead atoms. The first-order valence-corrected chi connectivity index (χ1v) is 7.13. The average Bonchev–Trinajstić information content (AvgIpc) is 2.24. The van der Waals surface area contributed by atoms with Crippen molar-refractivity contribution in [2.24, 2.45) is 0 Å². The summed E-state index contributed by atoms with van der Waals surface area (Å²) < 4.78 is 6.16. The number of hydrogen-bond acceptors (Lipinski definition) is 2. The molecular weight excluding hydrogens is 203 g/mol. The van der Waals surface area contributed by atoms with Gasteiger partial charge in [-0.15, -0.1) is 0 Å². The van der Waals surface area contributed by atoms with Crippen LogP contribution in [0.25, 0.3) is 0 Å². The summed E-state index contributed by atoms with van der Waals surface area (Å²) >= 11 is 4.70. The molecule has 0 aromatic rings. The molecule has 0 radical (unpaired) electrons. The van der Waals surface area contributed by atoms with Crippen LogP contribution in [-0.2, 0) is 4.65 Å². The summed E-state index contributed by atoms with van der Waals surface area (Å²) in [7, 11) is 0. The second kappa shape index (κ2) is 7.62. The number of thiol groups is 1. The zero-order valence-electron chi connectivity index (χ0n) is 10.2. The minimum Gasteiger partial charge on any atom is -0.432 e. The Kier molecular flexibility index (Phi) is 6.82. The molecule has 1 aliphatic rings. The van der Waals surface area contributed by atoms with Crippen LogP contribution in [-0.4, -0.2) is 18.3 Å². The number of rotatable bonds is 4. The maximum atomic E-state index is 6.16. The molecule has 1 fully saturated rings. The van der Waals surface area contributed by atoms with Gasteiger partial charge in [0.15, 0.2) is 0 Å². The van der Waals surface area contributed by atoms with Gasteiger partial charge in [0.25, 0.3) is 6.92 Å². The van der Waals surface area contributed by atoms with Crippen molar-refractivity contribution in [1.29, 1.82) is 0 Å². The van der Waals surface area contributed by atoms with Gasteiger partial charge in [0.1, 0.15) is 0 Å². The van der Waals surface area contributed by atoms with E-state index in [1.807, 2.05) is 0 Å². The first kappa shape index (κ1) is 13.4. The summed E-state index contributed by atoms with van der Waals surface area (Å²) in [4.78, 5) is 0. The van der Waals surface area contributed by atoms with Crippen LogP contribution < -0.4 is 0 Å². The molecule has 2 atom stereocenters. The van der Waals surface area contributed by atoms with E-state index >= 15 is 0 Å². The van der Waals surface area contributed by atoms with Crippen LogP contribution >= 0.6 is 12.6 Å². The van der Waals surface area contributed by atoms with E-state index in [-0.39, 0.29) is 0 Å². The van der Waals surface area contributed by atoms with Crippen LogP contribution in [0.2, 0.25) is 12.6 Å². The van der Waals surface area contributed by atoms with E-state index in [4.69, 9.17) is 17.3 Å². The Morgan fingerprint density at radius 1 is 1.07 bits per heavy atom. The lowest BCUT2D eigenvalue weighted by Crippen LogP contribution is -2.32. The van der Waals surface area contributed by atoms with E-state index in [0.717, 1.165) is 12.6 Å². The molecule has 0 amide bonds. The van der Waals surface area contributed by atoms with Crippen molar-refractivity contribution in [3.8, 4) is 0 Å². The van der Waals surface area contributed by atoms with Gasteiger partial charge in [0.2, 0.25) is 0 Å². The third-order valence-corrected chi connectivity index (χ3v) is 4.04. The Morgan fingerprint density at radius 2 is 1.67 bits per heavy atom. The lowest BCUT2D eigenvalue weighted by Gasteiger charge is -2.28. The molecule has 0 heterocycles.